The molecule has 148 valence electrons. The second kappa shape index (κ2) is 9.09. The van der Waals surface area contributed by atoms with Gasteiger partial charge in [-0.3, -0.25) is 4.99 Å². The van der Waals surface area contributed by atoms with Crippen LogP contribution < -0.4 is 15.5 Å². The number of anilines is 1. The summed E-state index contributed by atoms with van der Waals surface area (Å²) in [6.45, 7) is 2.77. The Labute approximate surface area is 177 Å². The molecule has 1 aliphatic carbocycles. The number of thiophene rings is 1. The van der Waals surface area contributed by atoms with Crippen molar-refractivity contribution < 1.29 is 8.42 Å². The normalized spacial score (nSPS) is 20.4. The van der Waals surface area contributed by atoms with Crippen LogP contribution in [0.2, 0.25) is 0 Å². The molecule has 2 fully saturated rings. The van der Waals surface area contributed by atoms with Gasteiger partial charge in [0.15, 0.2) is 5.96 Å². The van der Waals surface area contributed by atoms with Crippen molar-refractivity contribution in [3.8, 4) is 0 Å². The van der Waals surface area contributed by atoms with Crippen molar-refractivity contribution in [1.82, 2.24) is 10.6 Å². The maximum absolute atomic E-state index is 11.6. The minimum atomic E-state index is -2.93. The largest absolute Gasteiger partial charge is 0.363 e. The summed E-state index contributed by atoms with van der Waals surface area (Å²) < 4.78 is 23.1. The van der Waals surface area contributed by atoms with E-state index < -0.39 is 9.84 Å². The summed E-state index contributed by atoms with van der Waals surface area (Å²) in [5.74, 6) is 1.05. The summed E-state index contributed by atoms with van der Waals surface area (Å²) in [5.41, 5.74) is -0.0895. The van der Waals surface area contributed by atoms with E-state index in [0.717, 1.165) is 44.7 Å². The predicted molar refractivity (Wildman–Crippen MR) is 121 cm³/mol. The van der Waals surface area contributed by atoms with E-state index in [9.17, 15) is 8.42 Å². The monoisotopic (exact) mass is 512 g/mol. The molecule has 2 aliphatic rings. The maximum atomic E-state index is 11.6. The van der Waals surface area contributed by atoms with Crippen molar-refractivity contribution in [1.29, 1.82) is 0 Å². The van der Waals surface area contributed by atoms with Gasteiger partial charge < -0.3 is 15.5 Å². The number of nitrogens with zero attached hydrogens (tertiary/aromatic N) is 2. The lowest BCUT2D eigenvalue weighted by atomic mass is 10.1. The number of guanidine groups is 1. The van der Waals surface area contributed by atoms with Crippen LogP contribution in [0.25, 0.3) is 0 Å². The molecule has 0 radical (unpaired) electrons. The van der Waals surface area contributed by atoms with E-state index in [1.165, 1.54) is 11.3 Å². The molecular weight excluding hydrogens is 483 g/mol. The number of piperidine rings is 1. The third-order valence-electron chi connectivity index (χ3n) is 5.03. The molecule has 1 saturated heterocycles. The summed E-state index contributed by atoms with van der Waals surface area (Å²) >= 11 is 1.79. The number of rotatable bonds is 6. The van der Waals surface area contributed by atoms with Gasteiger partial charge in [-0.15, -0.1) is 35.3 Å². The van der Waals surface area contributed by atoms with Gasteiger partial charge in [0.05, 0.1) is 10.8 Å². The molecular formula is C17H29IN4O2S2. The highest BCUT2D eigenvalue weighted by Gasteiger charge is 2.45. The molecule has 26 heavy (non-hydrogen) atoms. The maximum Gasteiger partial charge on any atom is 0.191 e. The van der Waals surface area contributed by atoms with E-state index in [2.05, 4.69) is 38.0 Å². The third kappa shape index (κ3) is 6.26. The molecule has 0 amide bonds. The lowest BCUT2D eigenvalue weighted by molar-refractivity contribution is 0.458. The Kier molecular flexibility index (Phi) is 7.61. The highest BCUT2D eigenvalue weighted by Crippen LogP contribution is 2.46. The van der Waals surface area contributed by atoms with Crippen LogP contribution in [0.4, 0.5) is 5.00 Å². The molecule has 9 heteroatoms. The van der Waals surface area contributed by atoms with Gasteiger partial charge in [0.2, 0.25) is 0 Å². The molecule has 1 saturated carbocycles. The van der Waals surface area contributed by atoms with E-state index >= 15 is 0 Å². The first kappa shape index (κ1) is 21.7. The van der Waals surface area contributed by atoms with Crippen molar-refractivity contribution in [3.63, 3.8) is 0 Å². The number of halogens is 1. The van der Waals surface area contributed by atoms with Gasteiger partial charge in [-0.25, -0.2) is 8.42 Å². The fraction of sp³-hybridized carbons (Fsp3) is 0.706. The van der Waals surface area contributed by atoms with E-state index in [1.807, 2.05) is 0 Å². The average Bonchev–Trinajstić information content (AvgIpc) is 3.10. The van der Waals surface area contributed by atoms with Gasteiger partial charge in [-0.2, -0.15) is 0 Å². The summed E-state index contributed by atoms with van der Waals surface area (Å²) in [6.07, 6.45) is 5.42. The van der Waals surface area contributed by atoms with Crippen LogP contribution >= 0.6 is 35.3 Å². The molecule has 0 spiro atoms. The number of sulfone groups is 1. The standard InChI is InChI=1S/C17H28N4O2S2.HI/c1-18-16(19-12-17(7-8-17)13-25(2,22)23)20-14-5-9-21(10-6-14)15-4-3-11-24-15;/h3-4,11,14H,5-10,12-13H2,1-2H3,(H2,18,19,20);1H. The van der Waals surface area contributed by atoms with Crippen molar-refractivity contribution in [2.24, 2.45) is 10.4 Å². The summed E-state index contributed by atoms with van der Waals surface area (Å²) in [6, 6.07) is 4.68. The number of hydrogen-bond donors (Lipinski definition) is 2. The van der Waals surface area contributed by atoms with Gasteiger partial charge in [0, 0.05) is 44.4 Å². The van der Waals surface area contributed by atoms with Crippen LogP contribution in [0.5, 0.6) is 0 Å². The molecule has 0 atom stereocenters. The summed E-state index contributed by atoms with van der Waals surface area (Å²) in [7, 11) is -1.16. The Morgan fingerprint density at radius 3 is 2.58 bits per heavy atom. The zero-order chi connectivity index (χ0) is 17.9. The smallest absolute Gasteiger partial charge is 0.191 e. The first-order valence-corrected chi connectivity index (χ1v) is 11.8. The second-order valence-corrected chi connectivity index (χ2v) is 10.4. The van der Waals surface area contributed by atoms with Crippen LogP contribution in [-0.2, 0) is 9.84 Å². The lowest BCUT2D eigenvalue weighted by Crippen LogP contribution is -2.49. The SMILES string of the molecule is CN=C(NCC1(CS(C)(=O)=O)CC1)NC1CCN(c2cccs2)CC1.I. The zero-order valence-corrected chi connectivity index (χ0v) is 19.4. The van der Waals surface area contributed by atoms with Crippen molar-refractivity contribution >= 4 is 56.1 Å². The quantitative estimate of drug-likeness (QED) is 0.348. The average molecular weight is 512 g/mol. The molecule has 1 aromatic heterocycles. The van der Waals surface area contributed by atoms with Crippen molar-refractivity contribution in [3.05, 3.63) is 17.5 Å². The van der Waals surface area contributed by atoms with Crippen LogP contribution in [0.15, 0.2) is 22.5 Å². The Morgan fingerprint density at radius 2 is 2.08 bits per heavy atom. The van der Waals surface area contributed by atoms with E-state index in [-0.39, 0.29) is 35.1 Å². The van der Waals surface area contributed by atoms with E-state index in [0.29, 0.717) is 12.6 Å². The fourth-order valence-corrected chi connectivity index (χ4v) is 5.75. The lowest BCUT2D eigenvalue weighted by Gasteiger charge is -2.33. The third-order valence-corrected chi connectivity index (χ3v) is 7.10. The molecule has 2 N–H and O–H groups in total. The summed E-state index contributed by atoms with van der Waals surface area (Å²) in [5, 5.41) is 10.3. The Morgan fingerprint density at radius 1 is 1.38 bits per heavy atom. The highest BCUT2D eigenvalue weighted by molar-refractivity contribution is 14.0. The highest BCUT2D eigenvalue weighted by atomic mass is 127. The molecule has 3 rings (SSSR count). The topological polar surface area (TPSA) is 73.8 Å². The van der Waals surface area contributed by atoms with E-state index in [4.69, 9.17) is 0 Å². The molecule has 0 bridgehead atoms. The first-order valence-electron chi connectivity index (χ1n) is 8.83. The van der Waals surface area contributed by atoms with Crippen LogP contribution in [-0.4, -0.2) is 59.1 Å². The van der Waals surface area contributed by atoms with Crippen molar-refractivity contribution in [2.75, 3.05) is 43.6 Å². The zero-order valence-electron chi connectivity index (χ0n) is 15.4. The minimum absolute atomic E-state index is 0. The summed E-state index contributed by atoms with van der Waals surface area (Å²) in [4.78, 5) is 6.75. The molecule has 6 nitrogen and oxygen atoms in total. The molecule has 1 aromatic rings. The molecule has 2 heterocycles. The van der Waals surface area contributed by atoms with Gasteiger partial charge in [-0.1, -0.05) is 0 Å². The predicted octanol–water partition coefficient (Wildman–Crippen LogP) is 2.32. The Hall–Kier alpha value is -0.550. The Bertz CT molecular complexity index is 694. The fourth-order valence-electron chi connectivity index (χ4n) is 3.46. The van der Waals surface area contributed by atoms with E-state index in [1.54, 1.807) is 18.4 Å². The molecule has 0 aromatic carbocycles. The minimum Gasteiger partial charge on any atom is -0.363 e. The van der Waals surface area contributed by atoms with Gasteiger partial charge in [0.1, 0.15) is 9.84 Å². The van der Waals surface area contributed by atoms with Crippen molar-refractivity contribution in [2.45, 2.75) is 31.7 Å². The number of aliphatic imine (C=N–C) groups is 1. The molecule has 0 unspecified atom stereocenters. The number of nitrogens with one attached hydrogen (secondary N) is 2. The van der Waals surface area contributed by atoms with Gasteiger partial charge >= 0.3 is 0 Å². The molecule has 1 aliphatic heterocycles. The van der Waals surface area contributed by atoms with Gasteiger partial charge in [-0.05, 0) is 43.2 Å². The number of hydrogen-bond acceptors (Lipinski definition) is 5. The first-order chi connectivity index (χ1) is 11.9. The van der Waals surface area contributed by atoms with Crippen LogP contribution in [0, 0.1) is 5.41 Å². The Balaban J connectivity index is 0.00000243. The van der Waals surface area contributed by atoms with Crippen LogP contribution in [0.3, 0.4) is 0 Å². The van der Waals surface area contributed by atoms with Crippen LogP contribution in [0.1, 0.15) is 25.7 Å². The second-order valence-electron chi connectivity index (χ2n) is 7.35. The van der Waals surface area contributed by atoms with Gasteiger partial charge in [0.25, 0.3) is 0 Å².